The van der Waals surface area contributed by atoms with Crippen molar-refractivity contribution in [1.29, 1.82) is 0 Å². The summed E-state index contributed by atoms with van der Waals surface area (Å²) in [4.78, 5) is 10.2. The van der Waals surface area contributed by atoms with Gasteiger partial charge in [-0.1, -0.05) is 11.6 Å². The number of benzene rings is 1. The second kappa shape index (κ2) is 7.31. The Bertz CT molecular complexity index is 707. The van der Waals surface area contributed by atoms with Crippen LogP contribution in [0.15, 0.2) is 17.0 Å². The smallest absolute Gasteiger partial charge is 0.275 e. The van der Waals surface area contributed by atoms with Crippen LogP contribution in [-0.4, -0.2) is 37.3 Å². The summed E-state index contributed by atoms with van der Waals surface area (Å²) in [6, 6.07) is 1.99. The fourth-order valence-electron chi connectivity index (χ4n) is 2.44. The number of halogens is 2. The molecule has 7 nitrogen and oxygen atoms in total. The van der Waals surface area contributed by atoms with Crippen LogP contribution in [0.1, 0.15) is 18.4 Å². The summed E-state index contributed by atoms with van der Waals surface area (Å²) in [5.74, 6) is 0.251. The minimum absolute atomic E-state index is 0. The third kappa shape index (κ3) is 3.95. The molecule has 0 aromatic heterocycles. The van der Waals surface area contributed by atoms with Crippen molar-refractivity contribution in [3.05, 3.63) is 32.8 Å². The van der Waals surface area contributed by atoms with Gasteiger partial charge in [0.15, 0.2) is 0 Å². The van der Waals surface area contributed by atoms with Gasteiger partial charge >= 0.3 is 0 Å². The monoisotopic (exact) mass is 383 g/mol. The number of nitrogens with two attached hydrogens (primary N) is 1. The highest BCUT2D eigenvalue weighted by Crippen LogP contribution is 2.37. The standard InChI is InChI=1S/C13H18ClN3O4S.ClH/c1-8-11(14)5-10(6-12(8)17(18)19)22(20,21)16(2)13(7-15)9-3-4-9;/h5-6,9,13H,3-4,7,15H2,1-2H3;1H. The molecule has 1 unspecified atom stereocenters. The number of nitrogens with zero attached hydrogens (tertiary/aromatic N) is 2. The first-order valence-electron chi connectivity index (χ1n) is 6.82. The Morgan fingerprint density at radius 3 is 2.48 bits per heavy atom. The summed E-state index contributed by atoms with van der Waals surface area (Å²) in [7, 11) is -2.44. The van der Waals surface area contributed by atoms with Crippen LogP contribution in [0.25, 0.3) is 0 Å². The van der Waals surface area contributed by atoms with Gasteiger partial charge in [-0.25, -0.2) is 8.42 Å². The second-order valence-electron chi connectivity index (χ2n) is 5.47. The van der Waals surface area contributed by atoms with E-state index in [-0.39, 0.29) is 52.1 Å². The molecule has 1 aliphatic carbocycles. The second-order valence-corrected chi connectivity index (χ2v) is 7.87. The molecule has 1 aromatic carbocycles. The maximum atomic E-state index is 12.7. The molecule has 23 heavy (non-hydrogen) atoms. The fraction of sp³-hybridized carbons (Fsp3) is 0.538. The van der Waals surface area contributed by atoms with E-state index in [1.54, 1.807) is 0 Å². The van der Waals surface area contributed by atoms with E-state index in [9.17, 15) is 18.5 Å². The van der Waals surface area contributed by atoms with Gasteiger partial charge in [0.05, 0.1) is 14.8 Å². The Morgan fingerprint density at radius 1 is 1.48 bits per heavy atom. The van der Waals surface area contributed by atoms with Crippen molar-refractivity contribution in [3.8, 4) is 0 Å². The first kappa shape index (κ1) is 20.1. The van der Waals surface area contributed by atoms with Crippen molar-refractivity contribution in [2.75, 3.05) is 13.6 Å². The Labute approximate surface area is 146 Å². The van der Waals surface area contributed by atoms with E-state index >= 15 is 0 Å². The SMILES string of the molecule is Cc1c(Cl)cc(S(=O)(=O)N(C)C(CN)C2CC2)cc1[N+](=O)[O-].Cl. The molecule has 2 N–H and O–H groups in total. The lowest BCUT2D eigenvalue weighted by atomic mass is 10.2. The Kier molecular flexibility index (Phi) is 6.39. The van der Waals surface area contributed by atoms with Gasteiger partial charge < -0.3 is 5.73 Å². The normalized spacial score (nSPS) is 16.0. The first-order valence-corrected chi connectivity index (χ1v) is 8.64. The third-order valence-electron chi connectivity index (χ3n) is 4.04. The molecular weight excluding hydrogens is 365 g/mol. The van der Waals surface area contributed by atoms with Gasteiger partial charge in [0.1, 0.15) is 0 Å². The molecule has 1 aromatic rings. The molecule has 1 atom stereocenters. The molecule has 130 valence electrons. The minimum atomic E-state index is -3.89. The molecule has 0 saturated heterocycles. The number of hydrogen-bond donors (Lipinski definition) is 1. The molecule has 0 spiro atoms. The molecule has 0 amide bonds. The largest absolute Gasteiger partial charge is 0.329 e. The predicted molar refractivity (Wildman–Crippen MR) is 90.6 cm³/mol. The fourth-order valence-corrected chi connectivity index (χ4v) is 4.20. The lowest BCUT2D eigenvalue weighted by Gasteiger charge is -2.26. The van der Waals surface area contributed by atoms with E-state index in [1.807, 2.05) is 0 Å². The van der Waals surface area contributed by atoms with Crippen LogP contribution in [0.2, 0.25) is 5.02 Å². The van der Waals surface area contributed by atoms with Crippen LogP contribution in [-0.2, 0) is 10.0 Å². The van der Waals surface area contributed by atoms with Crippen LogP contribution in [0.3, 0.4) is 0 Å². The number of nitro benzene ring substituents is 1. The van der Waals surface area contributed by atoms with Crippen molar-refractivity contribution in [2.45, 2.75) is 30.7 Å². The highest BCUT2D eigenvalue weighted by atomic mass is 35.5. The van der Waals surface area contributed by atoms with Crippen molar-refractivity contribution in [3.63, 3.8) is 0 Å². The summed E-state index contributed by atoms with van der Waals surface area (Å²) in [5, 5.41) is 11.1. The average molecular weight is 384 g/mol. The summed E-state index contributed by atoms with van der Waals surface area (Å²) < 4.78 is 26.6. The van der Waals surface area contributed by atoms with Crippen LogP contribution >= 0.6 is 24.0 Å². The van der Waals surface area contributed by atoms with Crippen molar-refractivity contribution in [1.82, 2.24) is 4.31 Å². The quantitative estimate of drug-likeness (QED) is 0.599. The molecule has 0 radical (unpaired) electrons. The summed E-state index contributed by atoms with van der Waals surface area (Å²) in [5.41, 5.74) is 5.61. The van der Waals surface area contributed by atoms with E-state index in [2.05, 4.69) is 0 Å². The van der Waals surface area contributed by atoms with Crippen LogP contribution < -0.4 is 5.73 Å². The van der Waals surface area contributed by atoms with E-state index < -0.39 is 14.9 Å². The number of likely N-dealkylation sites (N-methyl/N-ethyl adjacent to an activating group) is 1. The lowest BCUT2D eigenvalue weighted by Crippen LogP contribution is -2.43. The first-order chi connectivity index (χ1) is 10.2. The number of rotatable bonds is 6. The Balaban J connectivity index is 0.00000264. The number of sulfonamides is 1. The molecule has 2 rings (SSSR count). The van der Waals surface area contributed by atoms with Crippen molar-refractivity contribution < 1.29 is 13.3 Å². The molecule has 10 heteroatoms. The molecule has 1 fully saturated rings. The van der Waals surface area contributed by atoms with Crippen LogP contribution in [0.5, 0.6) is 0 Å². The summed E-state index contributed by atoms with van der Waals surface area (Å²) >= 11 is 5.95. The maximum Gasteiger partial charge on any atom is 0.275 e. The minimum Gasteiger partial charge on any atom is -0.329 e. The van der Waals surface area contributed by atoms with E-state index in [0.29, 0.717) is 0 Å². The lowest BCUT2D eigenvalue weighted by molar-refractivity contribution is -0.385. The van der Waals surface area contributed by atoms with Gasteiger partial charge in [-0.2, -0.15) is 4.31 Å². The maximum absolute atomic E-state index is 12.7. The predicted octanol–water partition coefficient (Wildman–Crippen LogP) is 2.34. The van der Waals surface area contributed by atoms with Crippen LogP contribution in [0.4, 0.5) is 5.69 Å². The zero-order chi connectivity index (χ0) is 16.7. The van der Waals surface area contributed by atoms with Gasteiger partial charge in [0.25, 0.3) is 5.69 Å². The Morgan fingerprint density at radius 2 is 2.04 bits per heavy atom. The molecule has 0 bridgehead atoms. The highest BCUT2D eigenvalue weighted by molar-refractivity contribution is 7.89. The number of hydrogen-bond acceptors (Lipinski definition) is 5. The molecule has 0 aliphatic heterocycles. The van der Waals surface area contributed by atoms with Crippen molar-refractivity contribution in [2.24, 2.45) is 11.7 Å². The van der Waals surface area contributed by atoms with E-state index in [0.717, 1.165) is 18.9 Å². The molecule has 1 saturated carbocycles. The van der Waals surface area contributed by atoms with E-state index in [4.69, 9.17) is 17.3 Å². The zero-order valence-corrected chi connectivity index (χ0v) is 15.1. The van der Waals surface area contributed by atoms with Gasteiger partial charge in [-0.15, -0.1) is 12.4 Å². The highest BCUT2D eigenvalue weighted by Gasteiger charge is 2.38. The molecular formula is C13H19Cl2N3O4S. The summed E-state index contributed by atoms with van der Waals surface area (Å²) in [6.45, 7) is 1.69. The molecule has 1 aliphatic rings. The molecule has 0 heterocycles. The van der Waals surface area contributed by atoms with Gasteiger partial charge in [0, 0.05) is 31.3 Å². The third-order valence-corrected chi connectivity index (χ3v) is 6.29. The van der Waals surface area contributed by atoms with Gasteiger partial charge in [-0.3, -0.25) is 10.1 Å². The van der Waals surface area contributed by atoms with Gasteiger partial charge in [0.2, 0.25) is 10.0 Å². The summed E-state index contributed by atoms with van der Waals surface area (Å²) in [6.07, 6.45) is 1.88. The van der Waals surface area contributed by atoms with Gasteiger partial charge in [-0.05, 0) is 31.7 Å². The van der Waals surface area contributed by atoms with E-state index in [1.165, 1.54) is 24.3 Å². The van der Waals surface area contributed by atoms with Crippen LogP contribution in [0, 0.1) is 23.0 Å². The topological polar surface area (TPSA) is 107 Å². The average Bonchev–Trinajstić information content (AvgIpc) is 3.26. The zero-order valence-electron chi connectivity index (χ0n) is 12.7. The number of nitro groups is 1. The van der Waals surface area contributed by atoms with Crippen molar-refractivity contribution >= 4 is 39.7 Å². The Hall–Kier alpha value is -0.930.